The third kappa shape index (κ3) is 3.31. The number of nitrogens with zero attached hydrogens (tertiary/aromatic N) is 2. The van der Waals surface area contributed by atoms with Gasteiger partial charge in [0.15, 0.2) is 5.43 Å². The van der Waals surface area contributed by atoms with Gasteiger partial charge in [0.05, 0.1) is 34.8 Å². The molecule has 1 aliphatic heterocycles. The summed E-state index contributed by atoms with van der Waals surface area (Å²) in [4.78, 5) is 16.6. The number of anilines is 1. The van der Waals surface area contributed by atoms with E-state index in [9.17, 15) is 18.5 Å². The molecule has 2 aromatic heterocycles. The van der Waals surface area contributed by atoms with Crippen LogP contribution in [-0.2, 0) is 10.1 Å². The molecule has 3 aromatic rings. The highest BCUT2D eigenvalue weighted by atomic mass is 32.2. The molecule has 8 nitrogen and oxygen atoms in total. The Bertz CT molecular complexity index is 1430. The van der Waals surface area contributed by atoms with Gasteiger partial charge in [-0.1, -0.05) is 12.1 Å². The molecule has 30 heavy (non-hydrogen) atoms. The van der Waals surface area contributed by atoms with E-state index in [2.05, 4.69) is 16.4 Å². The second-order valence-corrected chi connectivity index (χ2v) is 8.59. The third-order valence-electron chi connectivity index (χ3n) is 4.83. The van der Waals surface area contributed by atoms with Gasteiger partial charge in [0.2, 0.25) is 5.88 Å². The summed E-state index contributed by atoms with van der Waals surface area (Å²) in [5.41, 5.74) is 2.53. The number of benzene rings is 1. The average Bonchev–Trinajstić information content (AvgIpc) is 2.65. The van der Waals surface area contributed by atoms with E-state index in [4.69, 9.17) is 8.60 Å². The van der Waals surface area contributed by atoms with Gasteiger partial charge < -0.3 is 13.9 Å². The number of rotatable bonds is 3. The minimum Gasteiger partial charge on any atom is -0.461 e. The molecule has 0 saturated carbocycles. The molecule has 1 atom stereocenters. The van der Waals surface area contributed by atoms with Crippen LogP contribution in [0, 0.1) is 18.3 Å². The number of fused-ring (bicyclic) bond motifs is 2. The number of hydrogen-bond donors (Lipinski definition) is 1. The Balaban J connectivity index is 2.10. The van der Waals surface area contributed by atoms with Crippen LogP contribution in [0.4, 0.5) is 5.69 Å². The Kier molecular flexibility index (Phi) is 4.59. The van der Waals surface area contributed by atoms with Gasteiger partial charge in [-0.05, 0) is 26.0 Å². The quantitative estimate of drug-likeness (QED) is 0.637. The van der Waals surface area contributed by atoms with E-state index in [0.717, 1.165) is 6.26 Å². The second kappa shape index (κ2) is 7.00. The van der Waals surface area contributed by atoms with Gasteiger partial charge in [-0.25, -0.2) is 4.98 Å². The van der Waals surface area contributed by atoms with Gasteiger partial charge in [-0.2, -0.15) is 13.7 Å². The molecule has 1 aliphatic rings. The molecule has 0 amide bonds. The number of para-hydroxylation sites is 1. The predicted octanol–water partition coefficient (Wildman–Crippen LogP) is 3.19. The molecule has 0 radical (unpaired) electrons. The van der Waals surface area contributed by atoms with Crippen molar-refractivity contribution in [2.24, 2.45) is 0 Å². The van der Waals surface area contributed by atoms with Crippen molar-refractivity contribution in [2.75, 3.05) is 11.6 Å². The topological polar surface area (TPSA) is 122 Å². The lowest BCUT2D eigenvalue weighted by molar-refractivity contribution is 0.478. The summed E-state index contributed by atoms with van der Waals surface area (Å²) < 4.78 is 34.7. The smallest absolute Gasteiger partial charge is 0.307 e. The van der Waals surface area contributed by atoms with Crippen LogP contribution in [0.25, 0.3) is 11.0 Å². The Labute approximate surface area is 172 Å². The lowest BCUT2D eigenvalue weighted by Crippen LogP contribution is -2.20. The van der Waals surface area contributed by atoms with Crippen LogP contribution in [-0.4, -0.2) is 19.7 Å². The van der Waals surface area contributed by atoms with E-state index in [0.29, 0.717) is 44.8 Å². The van der Waals surface area contributed by atoms with Crippen molar-refractivity contribution in [1.82, 2.24) is 4.98 Å². The normalized spacial score (nSPS) is 16.0. The van der Waals surface area contributed by atoms with Crippen molar-refractivity contribution in [3.8, 4) is 11.9 Å². The largest absolute Gasteiger partial charge is 0.461 e. The predicted molar refractivity (Wildman–Crippen MR) is 111 cm³/mol. The molecule has 0 saturated heterocycles. The summed E-state index contributed by atoms with van der Waals surface area (Å²) in [5, 5.41) is 13.4. The molecule has 1 aromatic carbocycles. The highest BCUT2D eigenvalue weighted by Gasteiger charge is 2.34. The molecule has 3 heterocycles. The molecule has 0 spiro atoms. The van der Waals surface area contributed by atoms with E-state index < -0.39 is 16.0 Å². The summed E-state index contributed by atoms with van der Waals surface area (Å²) in [6, 6.07) is 10.3. The monoisotopic (exact) mass is 423 g/mol. The Morgan fingerprint density at radius 2 is 2.03 bits per heavy atom. The Morgan fingerprint density at radius 1 is 1.27 bits per heavy atom. The maximum absolute atomic E-state index is 12.5. The molecule has 0 bridgehead atoms. The molecule has 0 aliphatic carbocycles. The summed E-state index contributed by atoms with van der Waals surface area (Å²) in [6.07, 6.45) is 2.34. The zero-order valence-electron chi connectivity index (χ0n) is 16.4. The van der Waals surface area contributed by atoms with Gasteiger partial charge in [0.25, 0.3) is 0 Å². The SMILES string of the molecule is CC1=C(C#N)C(c2cccc3c(=O)cc(C)oc23)c2c(ccnc2OS(C)(=O)=O)N1. The highest BCUT2D eigenvalue weighted by Crippen LogP contribution is 2.46. The van der Waals surface area contributed by atoms with Crippen molar-refractivity contribution in [3.63, 3.8) is 0 Å². The summed E-state index contributed by atoms with van der Waals surface area (Å²) >= 11 is 0. The minimum atomic E-state index is -3.87. The minimum absolute atomic E-state index is 0.139. The third-order valence-corrected chi connectivity index (χ3v) is 5.29. The first-order valence-corrected chi connectivity index (χ1v) is 10.8. The molecule has 4 rings (SSSR count). The number of hydrogen-bond acceptors (Lipinski definition) is 8. The molecule has 1 N–H and O–H groups in total. The van der Waals surface area contributed by atoms with Crippen LogP contribution in [0.5, 0.6) is 5.88 Å². The number of allylic oxidation sites excluding steroid dienone is 2. The van der Waals surface area contributed by atoms with Gasteiger partial charge in [-0.15, -0.1) is 0 Å². The van der Waals surface area contributed by atoms with E-state index >= 15 is 0 Å². The zero-order valence-corrected chi connectivity index (χ0v) is 17.2. The van der Waals surface area contributed by atoms with Crippen LogP contribution < -0.4 is 14.9 Å². The van der Waals surface area contributed by atoms with Crippen molar-refractivity contribution < 1.29 is 17.0 Å². The number of aromatic nitrogens is 1. The summed E-state index contributed by atoms with van der Waals surface area (Å²) in [5.74, 6) is -0.461. The van der Waals surface area contributed by atoms with Crippen molar-refractivity contribution in [3.05, 3.63) is 74.9 Å². The van der Waals surface area contributed by atoms with E-state index in [1.54, 1.807) is 38.1 Å². The lowest BCUT2D eigenvalue weighted by atomic mass is 9.81. The number of pyridine rings is 1. The van der Waals surface area contributed by atoms with Crippen LogP contribution in [0.15, 0.2) is 57.0 Å². The first-order chi connectivity index (χ1) is 14.2. The van der Waals surface area contributed by atoms with E-state index in [-0.39, 0.29) is 11.3 Å². The van der Waals surface area contributed by atoms with Crippen molar-refractivity contribution in [2.45, 2.75) is 19.8 Å². The summed E-state index contributed by atoms with van der Waals surface area (Å²) in [6.45, 7) is 3.42. The zero-order chi connectivity index (χ0) is 21.6. The molecule has 9 heteroatoms. The Morgan fingerprint density at radius 3 is 2.73 bits per heavy atom. The van der Waals surface area contributed by atoms with Crippen LogP contribution in [0.3, 0.4) is 0 Å². The van der Waals surface area contributed by atoms with Gasteiger partial charge in [-0.3, -0.25) is 4.79 Å². The maximum Gasteiger partial charge on any atom is 0.307 e. The number of nitriles is 1. The van der Waals surface area contributed by atoms with Crippen LogP contribution in [0.2, 0.25) is 0 Å². The first-order valence-electron chi connectivity index (χ1n) is 8.99. The number of aryl methyl sites for hydroxylation is 1. The molecule has 0 fully saturated rings. The van der Waals surface area contributed by atoms with Crippen molar-refractivity contribution >= 4 is 26.8 Å². The van der Waals surface area contributed by atoms with Crippen LogP contribution >= 0.6 is 0 Å². The molecular formula is C21H17N3O5S. The van der Waals surface area contributed by atoms with Gasteiger partial charge >= 0.3 is 10.1 Å². The van der Waals surface area contributed by atoms with Crippen molar-refractivity contribution in [1.29, 1.82) is 5.26 Å². The standard InChI is InChI=1S/C21H17N3O5S/c1-11-9-17(25)13-5-4-6-14(20(13)28-11)18-15(10-22)12(2)24-16-7-8-23-21(19(16)18)29-30(3,26)27/h4-9,18,24H,1-3H3. The molecule has 152 valence electrons. The second-order valence-electron chi connectivity index (χ2n) is 7.02. The van der Waals surface area contributed by atoms with Gasteiger partial charge in [0.1, 0.15) is 11.3 Å². The van der Waals surface area contributed by atoms with E-state index in [1.807, 2.05) is 0 Å². The van der Waals surface area contributed by atoms with Crippen LogP contribution in [0.1, 0.15) is 29.7 Å². The summed E-state index contributed by atoms with van der Waals surface area (Å²) in [7, 11) is -3.87. The fraction of sp³-hybridized carbons (Fsp3) is 0.190. The average molecular weight is 423 g/mol. The molecular weight excluding hydrogens is 406 g/mol. The van der Waals surface area contributed by atoms with Gasteiger partial charge in [0, 0.05) is 29.2 Å². The lowest BCUT2D eigenvalue weighted by Gasteiger charge is -2.29. The fourth-order valence-corrected chi connectivity index (χ4v) is 4.10. The number of nitrogens with one attached hydrogen (secondary N) is 1. The first kappa shape index (κ1) is 19.7. The molecule has 1 unspecified atom stereocenters. The fourth-order valence-electron chi connectivity index (χ4n) is 3.68. The van der Waals surface area contributed by atoms with E-state index in [1.165, 1.54) is 12.3 Å². The highest BCUT2D eigenvalue weighted by molar-refractivity contribution is 7.86. The maximum atomic E-state index is 12.5. The Hall–Kier alpha value is -3.64.